The van der Waals surface area contributed by atoms with E-state index in [-0.39, 0.29) is 0 Å². The van der Waals surface area contributed by atoms with Crippen molar-refractivity contribution >= 4 is 0 Å². The minimum atomic E-state index is 0.572. The second kappa shape index (κ2) is 2.21. The van der Waals surface area contributed by atoms with Crippen molar-refractivity contribution in [3.05, 3.63) is 0 Å². The maximum absolute atomic E-state index is 3.56. The lowest BCUT2D eigenvalue weighted by molar-refractivity contribution is 0.189. The van der Waals surface area contributed by atoms with Crippen molar-refractivity contribution in [3.63, 3.8) is 0 Å². The highest BCUT2D eigenvalue weighted by Gasteiger charge is 2.33. The van der Waals surface area contributed by atoms with E-state index in [4.69, 9.17) is 0 Å². The van der Waals surface area contributed by atoms with Gasteiger partial charge in [0.05, 0.1) is 0 Å². The first kappa shape index (κ1) is 6.62. The third-order valence-electron chi connectivity index (χ3n) is 2.50. The lowest BCUT2D eigenvalue weighted by atomic mass is 9.84. The van der Waals surface area contributed by atoms with E-state index >= 15 is 0 Å². The highest BCUT2D eigenvalue weighted by atomic mass is 15.0. The first-order valence-electron chi connectivity index (χ1n) is 4.23. The predicted molar refractivity (Wildman–Crippen MR) is 42.0 cm³/mol. The fourth-order valence-electron chi connectivity index (χ4n) is 1.35. The fraction of sp³-hybridized carbons (Fsp3) is 1.00. The average Bonchev–Trinajstić information content (AvgIpc) is 2.61. The van der Waals surface area contributed by atoms with Gasteiger partial charge >= 0.3 is 0 Å². The Morgan fingerprint density at radius 1 is 1.50 bits per heavy atom. The van der Waals surface area contributed by atoms with Crippen LogP contribution in [0.5, 0.6) is 0 Å². The molecule has 2 fully saturated rings. The maximum Gasteiger partial charge on any atom is 0.00684 e. The van der Waals surface area contributed by atoms with Crippen LogP contribution in [0.3, 0.4) is 0 Å². The van der Waals surface area contributed by atoms with Crippen LogP contribution < -0.4 is 10.6 Å². The molecule has 0 aromatic carbocycles. The van der Waals surface area contributed by atoms with Gasteiger partial charge in [-0.1, -0.05) is 6.92 Å². The third-order valence-corrected chi connectivity index (χ3v) is 2.50. The van der Waals surface area contributed by atoms with Crippen LogP contribution in [0.15, 0.2) is 0 Å². The summed E-state index contributed by atoms with van der Waals surface area (Å²) in [6.07, 6.45) is 2.81. The van der Waals surface area contributed by atoms with Crippen LogP contribution in [0.1, 0.15) is 19.8 Å². The molecule has 2 rings (SSSR count). The molecular weight excluding hydrogens is 124 g/mol. The molecule has 2 heteroatoms. The van der Waals surface area contributed by atoms with Crippen LogP contribution in [0.2, 0.25) is 0 Å². The Kier molecular flexibility index (Phi) is 1.46. The summed E-state index contributed by atoms with van der Waals surface area (Å²) in [6.45, 7) is 5.96. The van der Waals surface area contributed by atoms with Crippen molar-refractivity contribution in [2.75, 3.05) is 19.6 Å². The molecule has 0 aromatic rings. The zero-order valence-electron chi connectivity index (χ0n) is 6.61. The lowest BCUT2D eigenvalue weighted by Crippen LogP contribution is -2.56. The first-order chi connectivity index (χ1) is 4.79. The largest absolute Gasteiger partial charge is 0.315 e. The summed E-state index contributed by atoms with van der Waals surface area (Å²) in [4.78, 5) is 0. The molecule has 0 radical (unpaired) electrons. The quantitative estimate of drug-likeness (QED) is 0.591. The number of hydrogen-bond donors (Lipinski definition) is 2. The Hall–Kier alpha value is -0.0800. The zero-order chi connectivity index (χ0) is 7.03. The van der Waals surface area contributed by atoms with E-state index in [1.807, 2.05) is 0 Å². The maximum atomic E-state index is 3.56. The van der Waals surface area contributed by atoms with Crippen LogP contribution in [0.4, 0.5) is 0 Å². The monoisotopic (exact) mass is 140 g/mol. The van der Waals surface area contributed by atoms with E-state index in [1.54, 1.807) is 0 Å². The van der Waals surface area contributed by atoms with Crippen molar-refractivity contribution in [1.82, 2.24) is 10.6 Å². The molecule has 2 nitrogen and oxygen atoms in total. The van der Waals surface area contributed by atoms with Gasteiger partial charge in [-0.3, -0.25) is 0 Å². The molecule has 0 unspecified atom stereocenters. The van der Waals surface area contributed by atoms with E-state index in [1.165, 1.54) is 32.5 Å². The predicted octanol–water partition coefficient (Wildman–Crippen LogP) is 0.348. The summed E-state index contributed by atoms with van der Waals surface area (Å²) in [7, 11) is 0. The minimum Gasteiger partial charge on any atom is -0.315 e. The molecule has 1 heterocycles. The van der Waals surface area contributed by atoms with Crippen molar-refractivity contribution < 1.29 is 0 Å². The molecule has 0 atom stereocenters. The molecule has 0 bridgehead atoms. The average molecular weight is 140 g/mol. The summed E-state index contributed by atoms with van der Waals surface area (Å²) in [5.74, 6) is 0. The van der Waals surface area contributed by atoms with Gasteiger partial charge in [0.15, 0.2) is 0 Å². The SMILES string of the molecule is CC1(CNC2CC2)CNC1. The molecule has 0 spiro atoms. The van der Waals surface area contributed by atoms with Gasteiger partial charge in [-0.25, -0.2) is 0 Å². The number of rotatable bonds is 3. The van der Waals surface area contributed by atoms with Crippen LogP contribution in [-0.4, -0.2) is 25.7 Å². The van der Waals surface area contributed by atoms with E-state index in [0.717, 1.165) is 6.04 Å². The van der Waals surface area contributed by atoms with Crippen molar-refractivity contribution in [2.45, 2.75) is 25.8 Å². The summed E-state index contributed by atoms with van der Waals surface area (Å²) < 4.78 is 0. The standard InChI is InChI=1S/C8H16N2/c1-8(4-9-5-8)6-10-7-2-3-7/h7,9-10H,2-6H2,1H3. The Balaban J connectivity index is 1.67. The van der Waals surface area contributed by atoms with E-state index in [0.29, 0.717) is 5.41 Å². The summed E-state index contributed by atoms with van der Waals surface area (Å²) >= 11 is 0. The molecule has 1 aliphatic carbocycles. The number of hydrogen-bond acceptors (Lipinski definition) is 2. The van der Waals surface area contributed by atoms with Crippen LogP contribution in [-0.2, 0) is 0 Å². The Morgan fingerprint density at radius 2 is 2.20 bits per heavy atom. The van der Waals surface area contributed by atoms with Crippen molar-refractivity contribution in [2.24, 2.45) is 5.41 Å². The van der Waals surface area contributed by atoms with Crippen molar-refractivity contribution in [1.29, 1.82) is 0 Å². The first-order valence-corrected chi connectivity index (χ1v) is 4.23. The molecule has 0 aromatic heterocycles. The molecule has 10 heavy (non-hydrogen) atoms. The van der Waals surface area contributed by atoms with Gasteiger partial charge in [-0.15, -0.1) is 0 Å². The van der Waals surface area contributed by atoms with Gasteiger partial charge < -0.3 is 10.6 Å². The third kappa shape index (κ3) is 1.32. The molecule has 1 saturated heterocycles. The van der Waals surface area contributed by atoms with Gasteiger partial charge in [0.25, 0.3) is 0 Å². The molecule has 2 aliphatic rings. The summed E-state index contributed by atoms with van der Waals surface area (Å²) in [6, 6.07) is 0.873. The fourth-order valence-corrected chi connectivity index (χ4v) is 1.35. The Bertz CT molecular complexity index is 125. The molecule has 2 N–H and O–H groups in total. The summed E-state index contributed by atoms with van der Waals surface area (Å²) in [5, 5.41) is 6.86. The van der Waals surface area contributed by atoms with Gasteiger partial charge in [-0.05, 0) is 12.8 Å². The Labute approximate surface area is 62.4 Å². The van der Waals surface area contributed by atoms with Crippen LogP contribution >= 0.6 is 0 Å². The zero-order valence-corrected chi connectivity index (χ0v) is 6.61. The second-order valence-electron chi connectivity index (χ2n) is 4.07. The van der Waals surface area contributed by atoms with Gasteiger partial charge in [0, 0.05) is 31.1 Å². The molecule has 1 saturated carbocycles. The van der Waals surface area contributed by atoms with Gasteiger partial charge in [0.1, 0.15) is 0 Å². The highest BCUT2D eigenvalue weighted by molar-refractivity contribution is 4.92. The van der Waals surface area contributed by atoms with Gasteiger partial charge in [0.2, 0.25) is 0 Å². The smallest absolute Gasteiger partial charge is 0.00684 e. The molecule has 58 valence electrons. The van der Waals surface area contributed by atoms with E-state index in [9.17, 15) is 0 Å². The van der Waals surface area contributed by atoms with E-state index < -0.39 is 0 Å². The minimum absolute atomic E-state index is 0.572. The normalized spacial score (nSPS) is 29.7. The lowest BCUT2D eigenvalue weighted by Gasteiger charge is -2.39. The van der Waals surface area contributed by atoms with Crippen molar-refractivity contribution in [3.8, 4) is 0 Å². The molecular formula is C8H16N2. The van der Waals surface area contributed by atoms with Crippen LogP contribution in [0.25, 0.3) is 0 Å². The molecule has 1 aliphatic heterocycles. The van der Waals surface area contributed by atoms with E-state index in [2.05, 4.69) is 17.6 Å². The topological polar surface area (TPSA) is 24.1 Å². The highest BCUT2D eigenvalue weighted by Crippen LogP contribution is 2.24. The second-order valence-corrected chi connectivity index (χ2v) is 4.07. The summed E-state index contributed by atoms with van der Waals surface area (Å²) in [5.41, 5.74) is 0.572. The molecule has 0 amide bonds. The van der Waals surface area contributed by atoms with Crippen LogP contribution in [0, 0.1) is 5.41 Å². The van der Waals surface area contributed by atoms with Gasteiger partial charge in [-0.2, -0.15) is 0 Å². The Morgan fingerprint density at radius 3 is 2.60 bits per heavy atom. The number of nitrogens with one attached hydrogen (secondary N) is 2.